The van der Waals surface area contributed by atoms with Crippen LogP contribution >= 0.6 is 11.6 Å². The zero-order valence-electron chi connectivity index (χ0n) is 12.9. The predicted molar refractivity (Wildman–Crippen MR) is 82.8 cm³/mol. The smallest absolute Gasteiger partial charge is 0.416 e. The lowest BCUT2D eigenvalue weighted by Gasteiger charge is -2.13. The molecule has 1 unspecified atom stereocenters. The van der Waals surface area contributed by atoms with Gasteiger partial charge in [0.25, 0.3) is 0 Å². The van der Waals surface area contributed by atoms with E-state index >= 15 is 0 Å². The monoisotopic (exact) mass is 372 g/mol. The van der Waals surface area contributed by atoms with Crippen molar-refractivity contribution in [3.8, 4) is 11.5 Å². The number of alkyl halides is 3. The van der Waals surface area contributed by atoms with E-state index in [0.29, 0.717) is 23.5 Å². The molecule has 0 radical (unpaired) electrons. The summed E-state index contributed by atoms with van der Waals surface area (Å²) in [7, 11) is 0. The van der Waals surface area contributed by atoms with Gasteiger partial charge >= 0.3 is 12.1 Å². The first kappa shape index (κ1) is 17.6. The zero-order valence-corrected chi connectivity index (χ0v) is 13.6. The molecule has 0 fully saturated rings. The minimum Gasteiger partial charge on any atom is -0.456 e. The maximum atomic E-state index is 12.7. The number of carbonyl (C=O) groups excluding carboxylic acids is 1. The molecule has 0 aliphatic carbocycles. The highest BCUT2D eigenvalue weighted by Gasteiger charge is 2.33. The van der Waals surface area contributed by atoms with E-state index in [-0.39, 0.29) is 10.8 Å². The summed E-state index contributed by atoms with van der Waals surface area (Å²) < 4.78 is 54.0. The number of fused-ring (bicyclic) bond motifs is 1. The molecule has 1 atom stereocenters. The van der Waals surface area contributed by atoms with Gasteiger partial charge in [-0.25, -0.2) is 4.79 Å². The molecular weight excluding hydrogens is 361 g/mol. The van der Waals surface area contributed by atoms with E-state index < -0.39 is 24.0 Å². The molecule has 25 heavy (non-hydrogen) atoms. The maximum Gasteiger partial charge on any atom is 0.416 e. The number of hydrogen-bond acceptors (Lipinski definition) is 4. The van der Waals surface area contributed by atoms with E-state index in [9.17, 15) is 18.0 Å². The number of benzene rings is 2. The average Bonchev–Trinajstić information content (AvgIpc) is 2.84. The Kier molecular flexibility index (Phi) is 4.62. The first-order chi connectivity index (χ1) is 11.8. The van der Waals surface area contributed by atoms with Crippen LogP contribution in [0.3, 0.4) is 0 Å². The average molecular weight is 373 g/mol. The lowest BCUT2D eigenvalue weighted by Crippen LogP contribution is -2.04. The van der Waals surface area contributed by atoms with Crippen LogP contribution in [0.1, 0.15) is 34.7 Å². The maximum absolute atomic E-state index is 12.7. The van der Waals surface area contributed by atoms with Crippen molar-refractivity contribution >= 4 is 17.6 Å². The van der Waals surface area contributed by atoms with E-state index in [2.05, 4.69) is 0 Å². The molecule has 0 saturated carbocycles. The second-order valence-electron chi connectivity index (χ2n) is 5.19. The highest BCUT2D eigenvalue weighted by atomic mass is 35.5. The summed E-state index contributed by atoms with van der Waals surface area (Å²) in [6, 6.07) is 7.35. The van der Waals surface area contributed by atoms with Crippen molar-refractivity contribution in [2.45, 2.75) is 19.4 Å². The van der Waals surface area contributed by atoms with Gasteiger partial charge in [0.1, 0.15) is 11.5 Å². The lowest BCUT2D eigenvalue weighted by atomic mass is 10.1. The van der Waals surface area contributed by atoms with Gasteiger partial charge in [-0.2, -0.15) is 13.2 Å². The molecule has 2 aromatic carbocycles. The van der Waals surface area contributed by atoms with Crippen LogP contribution in [-0.4, -0.2) is 12.6 Å². The number of esters is 1. The largest absolute Gasteiger partial charge is 0.456 e. The number of hydrogen-bond donors (Lipinski definition) is 0. The Balaban J connectivity index is 1.87. The fraction of sp³-hybridized carbons (Fsp3) is 0.235. The number of cyclic esters (lactones) is 1. The zero-order chi connectivity index (χ0) is 18.2. The Bertz CT molecular complexity index is 820. The predicted octanol–water partition coefficient (Wildman–Crippen LogP) is 5.36. The van der Waals surface area contributed by atoms with Crippen LogP contribution in [0.2, 0.25) is 5.02 Å². The normalized spacial score (nSPS) is 16.5. The number of ether oxygens (including phenoxy) is 3. The third-order valence-electron chi connectivity index (χ3n) is 3.52. The van der Waals surface area contributed by atoms with Gasteiger partial charge < -0.3 is 14.2 Å². The summed E-state index contributed by atoms with van der Waals surface area (Å²) in [6.07, 6.45) is -5.32. The van der Waals surface area contributed by atoms with E-state index in [1.165, 1.54) is 18.2 Å². The van der Waals surface area contributed by atoms with Gasteiger partial charge in [-0.05, 0) is 43.3 Å². The highest BCUT2D eigenvalue weighted by molar-refractivity contribution is 6.32. The summed E-state index contributed by atoms with van der Waals surface area (Å²) in [4.78, 5) is 11.7. The molecule has 132 valence electrons. The van der Waals surface area contributed by atoms with E-state index in [4.69, 9.17) is 25.8 Å². The van der Waals surface area contributed by atoms with E-state index in [1.54, 1.807) is 6.92 Å². The Morgan fingerprint density at radius 1 is 1.20 bits per heavy atom. The lowest BCUT2D eigenvalue weighted by molar-refractivity contribution is -0.137. The van der Waals surface area contributed by atoms with Crippen LogP contribution in [0.4, 0.5) is 13.2 Å². The van der Waals surface area contributed by atoms with Crippen molar-refractivity contribution in [1.82, 2.24) is 0 Å². The van der Waals surface area contributed by atoms with Crippen LogP contribution in [-0.2, 0) is 15.7 Å². The fourth-order valence-corrected chi connectivity index (χ4v) is 2.59. The molecular formula is C17H12ClF3O4. The molecule has 2 aromatic rings. The quantitative estimate of drug-likeness (QED) is 0.678. The third kappa shape index (κ3) is 3.57. The number of rotatable bonds is 4. The summed E-state index contributed by atoms with van der Waals surface area (Å²) in [5, 5.41) is -0.177. The van der Waals surface area contributed by atoms with Crippen LogP contribution in [0.5, 0.6) is 11.5 Å². The highest BCUT2D eigenvalue weighted by Crippen LogP contribution is 2.38. The second kappa shape index (κ2) is 6.57. The molecule has 0 bridgehead atoms. The van der Waals surface area contributed by atoms with Crippen LogP contribution in [0.15, 0.2) is 36.4 Å². The molecule has 4 nitrogen and oxygen atoms in total. The SMILES string of the molecule is CCOC1OC(=O)c2ccc(Oc3ccc(C(F)(F)F)cc3Cl)cc21. The molecule has 0 saturated heterocycles. The Labute approximate surface area is 146 Å². The standard InChI is InChI=1S/C17H12ClF3O4/c1-2-23-16-12-8-10(4-5-11(12)15(22)25-16)24-14-6-3-9(7-13(14)18)17(19,20)21/h3-8,16H,2H2,1H3. The summed E-state index contributed by atoms with van der Waals surface area (Å²) >= 11 is 5.88. The summed E-state index contributed by atoms with van der Waals surface area (Å²) in [5.41, 5.74) is -0.0223. The Hall–Kier alpha value is -2.25. The molecule has 0 aromatic heterocycles. The third-order valence-corrected chi connectivity index (χ3v) is 3.81. The number of carbonyl (C=O) groups is 1. The molecule has 3 rings (SSSR count). The van der Waals surface area contributed by atoms with E-state index in [1.807, 2.05) is 0 Å². The molecule has 1 heterocycles. The van der Waals surface area contributed by atoms with Crippen molar-refractivity contribution in [2.24, 2.45) is 0 Å². The van der Waals surface area contributed by atoms with Crippen molar-refractivity contribution in [2.75, 3.05) is 6.61 Å². The van der Waals surface area contributed by atoms with Gasteiger partial charge in [0.15, 0.2) is 0 Å². The fourth-order valence-electron chi connectivity index (χ4n) is 2.37. The minimum atomic E-state index is -4.49. The molecule has 0 amide bonds. The number of halogens is 4. The first-order valence-corrected chi connectivity index (χ1v) is 7.68. The van der Waals surface area contributed by atoms with Gasteiger partial charge in [0, 0.05) is 12.2 Å². The van der Waals surface area contributed by atoms with Gasteiger partial charge in [-0.1, -0.05) is 11.6 Å². The Morgan fingerprint density at radius 3 is 2.60 bits per heavy atom. The van der Waals surface area contributed by atoms with Gasteiger partial charge in [-0.15, -0.1) is 0 Å². The molecule has 8 heteroatoms. The van der Waals surface area contributed by atoms with Gasteiger partial charge in [0.05, 0.1) is 16.1 Å². The molecule has 1 aliphatic rings. The van der Waals surface area contributed by atoms with Gasteiger partial charge in [-0.3, -0.25) is 0 Å². The van der Waals surface area contributed by atoms with Crippen LogP contribution < -0.4 is 4.74 Å². The van der Waals surface area contributed by atoms with Gasteiger partial charge in [0.2, 0.25) is 6.29 Å². The topological polar surface area (TPSA) is 44.8 Å². The van der Waals surface area contributed by atoms with Crippen molar-refractivity contribution < 1.29 is 32.2 Å². The molecule has 0 spiro atoms. The molecule has 1 aliphatic heterocycles. The van der Waals surface area contributed by atoms with Crippen LogP contribution in [0, 0.1) is 0 Å². The first-order valence-electron chi connectivity index (χ1n) is 7.30. The summed E-state index contributed by atoms with van der Waals surface area (Å²) in [6.45, 7) is 2.10. The second-order valence-corrected chi connectivity index (χ2v) is 5.59. The van der Waals surface area contributed by atoms with Crippen molar-refractivity contribution in [1.29, 1.82) is 0 Å². The van der Waals surface area contributed by atoms with Crippen LogP contribution in [0.25, 0.3) is 0 Å². The van der Waals surface area contributed by atoms with Crippen molar-refractivity contribution in [3.63, 3.8) is 0 Å². The molecule has 0 N–H and O–H groups in total. The summed E-state index contributed by atoms with van der Waals surface area (Å²) in [5.74, 6) is -0.149. The van der Waals surface area contributed by atoms with E-state index in [0.717, 1.165) is 18.2 Å². The Morgan fingerprint density at radius 2 is 1.96 bits per heavy atom. The van der Waals surface area contributed by atoms with Crippen molar-refractivity contribution in [3.05, 3.63) is 58.1 Å². The minimum absolute atomic E-state index is 0.0628.